The first kappa shape index (κ1) is 10.6. The van der Waals surface area contributed by atoms with Crippen molar-refractivity contribution in [1.82, 2.24) is 0 Å². The van der Waals surface area contributed by atoms with Crippen LogP contribution in [0.25, 0.3) is 0 Å². The largest absolute Gasteiger partial charge is 0.290 e. The van der Waals surface area contributed by atoms with E-state index in [1.807, 2.05) is 38.2 Å². The molecule has 1 N–H and O–H groups in total. The van der Waals surface area contributed by atoms with Gasteiger partial charge in [-0.3, -0.25) is 5.41 Å². The van der Waals surface area contributed by atoms with Crippen molar-refractivity contribution in [1.29, 1.82) is 5.41 Å². The number of nitrogens with zero attached hydrogens (tertiary/aromatic N) is 1. The van der Waals surface area contributed by atoms with Crippen LogP contribution in [-0.2, 0) is 0 Å². The molecule has 0 aromatic heterocycles. The van der Waals surface area contributed by atoms with Crippen LogP contribution < -0.4 is 0 Å². The fraction of sp³-hybridized carbons (Fsp3) is 0.200. The van der Waals surface area contributed by atoms with Gasteiger partial charge in [-0.25, -0.2) is 4.99 Å². The average molecular weight is 162 g/mol. The molecule has 0 saturated heterocycles. The molecule has 2 nitrogen and oxygen atoms in total. The van der Waals surface area contributed by atoms with Crippen molar-refractivity contribution in [3.8, 4) is 0 Å². The monoisotopic (exact) mass is 162 g/mol. The molecule has 0 spiro atoms. The van der Waals surface area contributed by atoms with Crippen molar-refractivity contribution >= 4 is 12.6 Å². The van der Waals surface area contributed by atoms with Crippen molar-refractivity contribution in [2.75, 3.05) is 0 Å². The summed E-state index contributed by atoms with van der Waals surface area (Å²) in [6.07, 6.45) is 12.3. The zero-order valence-electron chi connectivity index (χ0n) is 7.49. The molecule has 0 amide bonds. The van der Waals surface area contributed by atoms with Crippen LogP contribution in [0.3, 0.4) is 0 Å². The van der Waals surface area contributed by atoms with Crippen LogP contribution in [0.1, 0.15) is 13.8 Å². The van der Waals surface area contributed by atoms with Gasteiger partial charge in [0, 0.05) is 6.21 Å². The summed E-state index contributed by atoms with van der Waals surface area (Å²) in [6, 6.07) is 0. The highest BCUT2D eigenvalue weighted by Gasteiger charge is 1.74. The molecule has 0 aliphatic rings. The van der Waals surface area contributed by atoms with Crippen molar-refractivity contribution in [3.05, 3.63) is 36.0 Å². The molecular formula is C10H14N2. The molecule has 0 fully saturated rings. The summed E-state index contributed by atoms with van der Waals surface area (Å²) >= 11 is 0. The molecule has 0 unspecified atom stereocenters. The van der Waals surface area contributed by atoms with E-state index in [1.165, 1.54) is 0 Å². The Hall–Kier alpha value is -1.44. The lowest BCUT2D eigenvalue weighted by Crippen LogP contribution is -1.69. The van der Waals surface area contributed by atoms with Crippen LogP contribution >= 0.6 is 0 Å². The van der Waals surface area contributed by atoms with Gasteiger partial charge in [-0.05, 0) is 19.9 Å². The number of hydrogen-bond acceptors (Lipinski definition) is 1. The molecular weight excluding hydrogens is 148 g/mol. The van der Waals surface area contributed by atoms with Gasteiger partial charge in [0.2, 0.25) is 0 Å². The van der Waals surface area contributed by atoms with Crippen LogP contribution in [-0.4, -0.2) is 12.6 Å². The lowest BCUT2D eigenvalue weighted by Gasteiger charge is -1.84. The summed E-state index contributed by atoms with van der Waals surface area (Å²) in [6.45, 7) is 3.98. The van der Waals surface area contributed by atoms with Crippen molar-refractivity contribution in [3.63, 3.8) is 0 Å². The van der Waals surface area contributed by atoms with Crippen LogP contribution in [0.4, 0.5) is 0 Å². The highest BCUT2D eigenvalue weighted by molar-refractivity contribution is 5.79. The molecule has 2 heteroatoms. The van der Waals surface area contributed by atoms with Gasteiger partial charge in [0.05, 0.1) is 0 Å². The zero-order valence-corrected chi connectivity index (χ0v) is 7.49. The first-order chi connectivity index (χ1) is 5.81. The van der Waals surface area contributed by atoms with E-state index in [4.69, 9.17) is 5.41 Å². The Morgan fingerprint density at radius 1 is 1.33 bits per heavy atom. The van der Waals surface area contributed by atoms with E-state index in [2.05, 4.69) is 4.99 Å². The Bertz CT molecular complexity index is 232. The third kappa shape index (κ3) is 6.68. The minimum absolute atomic E-state index is 1.01. The van der Waals surface area contributed by atoms with E-state index < -0.39 is 0 Å². The van der Waals surface area contributed by atoms with Gasteiger partial charge in [0.15, 0.2) is 0 Å². The summed E-state index contributed by atoms with van der Waals surface area (Å²) in [5.41, 5.74) is 1.16. The highest BCUT2D eigenvalue weighted by atomic mass is 14.7. The van der Waals surface area contributed by atoms with E-state index in [1.54, 1.807) is 12.3 Å². The molecule has 12 heavy (non-hydrogen) atoms. The Morgan fingerprint density at radius 3 is 2.67 bits per heavy atom. The number of nitrogens with one attached hydrogen (secondary N) is 1. The zero-order chi connectivity index (χ0) is 9.23. The molecule has 0 aromatic rings. The molecule has 0 aromatic carbocycles. The SMILES string of the molecule is C/C=C/C=C(C)\C=C/C=N/C=N. The van der Waals surface area contributed by atoms with E-state index in [0.717, 1.165) is 11.9 Å². The molecule has 0 aliphatic heterocycles. The maximum Gasteiger partial charge on any atom is 0.106 e. The molecule has 0 aliphatic carbocycles. The Kier molecular flexibility index (Phi) is 6.74. The quantitative estimate of drug-likeness (QED) is 0.375. The third-order valence-corrected chi connectivity index (χ3v) is 1.16. The van der Waals surface area contributed by atoms with Gasteiger partial charge in [0.25, 0.3) is 0 Å². The summed E-state index contributed by atoms with van der Waals surface area (Å²) in [5.74, 6) is 0. The predicted octanol–water partition coefficient (Wildman–Crippen LogP) is 2.74. The first-order valence-electron chi connectivity index (χ1n) is 3.79. The Labute approximate surface area is 73.5 Å². The number of allylic oxidation sites excluding steroid dienone is 6. The molecule has 0 atom stereocenters. The molecule has 0 rings (SSSR count). The van der Waals surface area contributed by atoms with E-state index >= 15 is 0 Å². The standard InChI is InChI=1S/C10H14N2/c1-3-4-6-10(2)7-5-8-12-9-11/h3-9,11H,1-2H3/b4-3+,7-5-,10-6-,11-9?,12-8+. The van der Waals surface area contributed by atoms with E-state index in [9.17, 15) is 0 Å². The van der Waals surface area contributed by atoms with Crippen molar-refractivity contribution in [2.45, 2.75) is 13.8 Å². The van der Waals surface area contributed by atoms with Crippen molar-refractivity contribution in [2.24, 2.45) is 4.99 Å². The average Bonchev–Trinajstić information content (AvgIpc) is 2.09. The molecule has 64 valence electrons. The van der Waals surface area contributed by atoms with Gasteiger partial charge in [-0.2, -0.15) is 0 Å². The minimum Gasteiger partial charge on any atom is -0.290 e. The highest BCUT2D eigenvalue weighted by Crippen LogP contribution is 1.93. The first-order valence-corrected chi connectivity index (χ1v) is 3.79. The van der Waals surface area contributed by atoms with Gasteiger partial charge in [-0.1, -0.05) is 29.9 Å². The number of hydrogen-bond donors (Lipinski definition) is 1. The molecule has 0 saturated carbocycles. The van der Waals surface area contributed by atoms with Crippen molar-refractivity contribution < 1.29 is 0 Å². The van der Waals surface area contributed by atoms with E-state index in [-0.39, 0.29) is 0 Å². The fourth-order valence-corrected chi connectivity index (χ4v) is 0.591. The van der Waals surface area contributed by atoms with Gasteiger partial charge in [-0.15, -0.1) is 0 Å². The molecule has 0 bridgehead atoms. The van der Waals surface area contributed by atoms with Crippen LogP contribution in [0.2, 0.25) is 0 Å². The topological polar surface area (TPSA) is 36.2 Å². The van der Waals surface area contributed by atoms with Gasteiger partial charge >= 0.3 is 0 Å². The fourth-order valence-electron chi connectivity index (χ4n) is 0.591. The van der Waals surface area contributed by atoms with Crippen LogP contribution in [0.15, 0.2) is 40.9 Å². The minimum atomic E-state index is 1.01. The maximum absolute atomic E-state index is 6.62. The molecule has 0 heterocycles. The Balaban J connectivity index is 3.98. The lowest BCUT2D eigenvalue weighted by atomic mass is 10.2. The second-order valence-electron chi connectivity index (χ2n) is 2.22. The number of aliphatic imine (C=N–C) groups is 1. The summed E-state index contributed by atoms with van der Waals surface area (Å²) in [4.78, 5) is 3.61. The predicted molar refractivity (Wildman–Crippen MR) is 55.0 cm³/mol. The maximum atomic E-state index is 6.62. The van der Waals surface area contributed by atoms with Gasteiger partial charge < -0.3 is 0 Å². The normalized spacial score (nSPS) is 13.7. The van der Waals surface area contributed by atoms with Crippen LogP contribution in [0, 0.1) is 5.41 Å². The second-order valence-corrected chi connectivity index (χ2v) is 2.22. The Morgan fingerprint density at radius 2 is 2.08 bits per heavy atom. The van der Waals surface area contributed by atoms with E-state index in [0.29, 0.717) is 0 Å². The second kappa shape index (κ2) is 7.66. The summed E-state index contributed by atoms with van der Waals surface area (Å²) in [7, 11) is 0. The smallest absolute Gasteiger partial charge is 0.106 e. The number of rotatable bonds is 4. The summed E-state index contributed by atoms with van der Waals surface area (Å²) in [5, 5.41) is 6.62. The summed E-state index contributed by atoms with van der Waals surface area (Å²) < 4.78 is 0. The van der Waals surface area contributed by atoms with Gasteiger partial charge in [0.1, 0.15) is 6.34 Å². The molecule has 0 radical (unpaired) electrons. The third-order valence-electron chi connectivity index (χ3n) is 1.16. The lowest BCUT2D eigenvalue weighted by molar-refractivity contribution is 1.51. The van der Waals surface area contributed by atoms with Crippen LogP contribution in [0.5, 0.6) is 0 Å².